The van der Waals surface area contributed by atoms with Crippen molar-refractivity contribution in [3.8, 4) is 17.2 Å². The number of nitrogens with zero attached hydrogens (tertiary/aromatic N) is 1. The van der Waals surface area contributed by atoms with E-state index < -0.39 is 18.1 Å². The van der Waals surface area contributed by atoms with Crippen molar-refractivity contribution in [3.63, 3.8) is 0 Å². The summed E-state index contributed by atoms with van der Waals surface area (Å²) in [7, 11) is 1.51. The van der Waals surface area contributed by atoms with Crippen LogP contribution in [0, 0.1) is 5.92 Å². The van der Waals surface area contributed by atoms with Crippen molar-refractivity contribution in [2.24, 2.45) is 5.92 Å². The molecule has 5 unspecified atom stereocenters. The molecular weight excluding hydrogens is 717 g/mol. The quantitative estimate of drug-likeness (QED) is 0.0904. The molecule has 5 N–H and O–H groups in total. The summed E-state index contributed by atoms with van der Waals surface area (Å²) in [4.78, 5) is 30.0. The Morgan fingerprint density at radius 3 is 2.65 bits per heavy atom. The van der Waals surface area contributed by atoms with Crippen LogP contribution in [-0.2, 0) is 20.7 Å². The van der Waals surface area contributed by atoms with Crippen molar-refractivity contribution >= 4 is 28.2 Å². The van der Waals surface area contributed by atoms with E-state index in [1.54, 1.807) is 18.2 Å². The molecule has 5 atom stereocenters. The predicted molar refractivity (Wildman–Crippen MR) is 222 cm³/mol. The first-order valence-corrected chi connectivity index (χ1v) is 19.9. The molecule has 4 heterocycles. The monoisotopic (exact) mass is 766 g/mol. The second-order valence-corrected chi connectivity index (χ2v) is 15.6. The number of hydrogen-bond donors (Lipinski definition) is 5. The number of ether oxygens (including phenoxy) is 2. The number of fused-ring (bicyclic) bond motifs is 5. The highest BCUT2D eigenvalue weighted by molar-refractivity contribution is 5.94. The van der Waals surface area contributed by atoms with Crippen LogP contribution in [0.5, 0.6) is 17.2 Å². The van der Waals surface area contributed by atoms with E-state index in [0.29, 0.717) is 18.7 Å². The number of phenols is 2. The average molecular weight is 767 g/mol. The Hall–Kier alpha value is -6.16. The van der Waals surface area contributed by atoms with Gasteiger partial charge in [-0.05, 0) is 102 Å². The van der Waals surface area contributed by atoms with Gasteiger partial charge in [-0.15, -0.1) is 0 Å². The van der Waals surface area contributed by atoms with E-state index >= 15 is 0 Å². The third-order valence-corrected chi connectivity index (χ3v) is 11.8. The molecule has 294 valence electrons. The molecular formula is C47H50N4O6. The molecule has 5 aromatic rings. The summed E-state index contributed by atoms with van der Waals surface area (Å²) in [6, 6.07) is 18.5. The number of methoxy groups -OCH3 is 1. The highest BCUT2D eigenvalue weighted by atomic mass is 16.5. The topological polar surface area (TPSA) is 138 Å². The van der Waals surface area contributed by atoms with Crippen LogP contribution < -0.4 is 15.4 Å². The van der Waals surface area contributed by atoms with Crippen LogP contribution in [0.3, 0.4) is 0 Å². The normalized spacial score (nSPS) is 22.8. The fraction of sp³-hybridized carbons (Fsp3) is 0.319. The lowest BCUT2D eigenvalue weighted by Gasteiger charge is -2.30. The molecule has 10 heteroatoms. The van der Waals surface area contributed by atoms with Crippen LogP contribution in [0.4, 0.5) is 5.69 Å². The molecule has 0 saturated heterocycles. The molecule has 0 saturated carbocycles. The molecule has 2 aliphatic heterocycles. The van der Waals surface area contributed by atoms with Gasteiger partial charge in [0.1, 0.15) is 23.5 Å². The van der Waals surface area contributed by atoms with Crippen LogP contribution in [0.25, 0.3) is 10.8 Å². The summed E-state index contributed by atoms with van der Waals surface area (Å²) in [6.07, 6.45) is 21.0. The number of dihydropyridines is 1. The van der Waals surface area contributed by atoms with Gasteiger partial charge in [-0.3, -0.25) is 9.59 Å². The minimum atomic E-state index is -0.558. The summed E-state index contributed by atoms with van der Waals surface area (Å²) in [5.74, 6) is 1.42. The van der Waals surface area contributed by atoms with Gasteiger partial charge in [0.2, 0.25) is 0 Å². The molecule has 0 spiro atoms. The van der Waals surface area contributed by atoms with Crippen LogP contribution in [0.15, 0.2) is 121 Å². The van der Waals surface area contributed by atoms with Gasteiger partial charge >= 0.3 is 5.97 Å². The lowest BCUT2D eigenvalue weighted by Crippen LogP contribution is -2.25. The van der Waals surface area contributed by atoms with Crippen LogP contribution in [-0.4, -0.2) is 51.3 Å². The maximum absolute atomic E-state index is 14.2. The zero-order chi connectivity index (χ0) is 39.5. The minimum Gasteiger partial charge on any atom is -0.508 e. The van der Waals surface area contributed by atoms with Gasteiger partial charge in [0.15, 0.2) is 11.5 Å². The molecule has 57 heavy (non-hydrogen) atoms. The highest BCUT2D eigenvalue weighted by Gasteiger charge is 2.30. The number of aromatic amines is 1. The Bertz CT molecular complexity index is 2370. The lowest BCUT2D eigenvalue weighted by molar-refractivity contribution is -0.148. The first kappa shape index (κ1) is 37.7. The van der Waals surface area contributed by atoms with Crippen LogP contribution in [0.1, 0.15) is 85.6 Å². The number of rotatable bonds is 4. The van der Waals surface area contributed by atoms with Gasteiger partial charge in [0, 0.05) is 79.4 Å². The summed E-state index contributed by atoms with van der Waals surface area (Å²) in [5.41, 5.74) is 6.34. The minimum absolute atomic E-state index is 0.0185. The van der Waals surface area contributed by atoms with Crippen LogP contribution >= 0.6 is 0 Å². The number of anilines is 1. The first-order valence-electron chi connectivity index (χ1n) is 19.9. The molecule has 3 aromatic carbocycles. The number of carbonyl (C=O) groups is 2. The Kier molecular flexibility index (Phi) is 10.9. The number of H-pyrrole nitrogens is 1. The molecule has 8 rings (SSSR count). The number of benzene rings is 3. The van der Waals surface area contributed by atoms with Crippen molar-refractivity contribution in [1.29, 1.82) is 0 Å². The van der Waals surface area contributed by atoms with Gasteiger partial charge in [0.25, 0.3) is 0 Å². The number of esters is 1. The van der Waals surface area contributed by atoms with Crippen LogP contribution in [0.2, 0.25) is 0 Å². The van der Waals surface area contributed by atoms with Gasteiger partial charge < -0.3 is 39.9 Å². The summed E-state index contributed by atoms with van der Waals surface area (Å²) in [5, 5.41) is 30.3. The van der Waals surface area contributed by atoms with Gasteiger partial charge in [-0.2, -0.15) is 0 Å². The fourth-order valence-electron chi connectivity index (χ4n) is 9.04. The summed E-state index contributed by atoms with van der Waals surface area (Å²) in [6.45, 7) is 2.04. The third-order valence-electron chi connectivity index (χ3n) is 11.8. The number of aromatic hydroxyl groups is 2. The third kappa shape index (κ3) is 8.36. The largest absolute Gasteiger partial charge is 0.508 e. The molecule has 1 aliphatic carbocycles. The Morgan fingerprint density at radius 1 is 0.930 bits per heavy atom. The van der Waals surface area contributed by atoms with Crippen molar-refractivity contribution in [3.05, 3.63) is 143 Å². The first-order chi connectivity index (χ1) is 27.7. The molecule has 10 nitrogen and oxygen atoms in total. The number of hydrogen-bond acceptors (Lipinski definition) is 8. The number of nitrogens with one attached hydrogen (secondary N) is 3. The zero-order valence-corrected chi connectivity index (χ0v) is 32.4. The number of carbonyl (C=O) groups excluding carboxylic acids is 2. The number of Topliss-reactive ketones (excluding diaryl/α,β-unsaturated/α-hetero) is 1. The van der Waals surface area contributed by atoms with Gasteiger partial charge in [0.05, 0.1) is 13.2 Å². The average Bonchev–Trinajstić information content (AvgIpc) is 3.86. The second kappa shape index (κ2) is 16.5. The zero-order valence-electron chi connectivity index (χ0n) is 32.4. The van der Waals surface area contributed by atoms with E-state index in [-0.39, 0.29) is 47.9 Å². The van der Waals surface area contributed by atoms with E-state index in [2.05, 4.69) is 75.2 Å². The summed E-state index contributed by atoms with van der Waals surface area (Å²) >= 11 is 0. The molecule has 0 amide bonds. The number of ketones is 1. The standard InChI is InChI=1S/C47H50N4O6/c1-29(52)57-38-15-13-30-7-3-4-11-39(30)41-26-48-25-35(41)20-40(31-8-5-10-36(53)19-31)32-17-18-49-47(22-32)50-43-12-6-9-34-27-51(28-42(34)43)44(24-37(54)23-38)33-14-16-45(55)46(21-33)56-2/h4-6,8-12,14,16-17,19,21-22,25-28,30,38-40,44,48-50,53,55H,3,7,13,15,18,20,23-24H2,1-2H3. The number of aromatic nitrogens is 2. The smallest absolute Gasteiger partial charge is 0.302 e. The van der Waals surface area contributed by atoms with Crippen molar-refractivity contribution in [1.82, 2.24) is 14.9 Å². The lowest BCUT2D eigenvalue weighted by atomic mass is 9.75. The molecule has 2 aromatic heterocycles. The van der Waals surface area contributed by atoms with E-state index in [4.69, 9.17) is 9.47 Å². The highest BCUT2D eigenvalue weighted by Crippen LogP contribution is 2.42. The Morgan fingerprint density at radius 2 is 1.81 bits per heavy atom. The van der Waals surface area contributed by atoms with Gasteiger partial charge in [-0.25, -0.2) is 0 Å². The predicted octanol–water partition coefficient (Wildman–Crippen LogP) is 8.91. The van der Waals surface area contributed by atoms with Crippen molar-refractivity contribution < 1.29 is 29.3 Å². The van der Waals surface area contributed by atoms with Crippen molar-refractivity contribution in [2.45, 2.75) is 75.9 Å². The van der Waals surface area contributed by atoms with E-state index in [9.17, 15) is 19.8 Å². The molecule has 0 fully saturated rings. The van der Waals surface area contributed by atoms with E-state index in [1.807, 2.05) is 36.5 Å². The molecule has 0 radical (unpaired) electrons. The maximum atomic E-state index is 14.2. The fourth-order valence-corrected chi connectivity index (χ4v) is 9.04. The SMILES string of the molecule is COc1cc(C2CC(=O)CC(OC(C)=O)CCC3CCC=CC3c3c[nH]cc3CC(c3cccc(O)c3)C3=CCNC(=C3)Nc3cccc4cn2cc34)ccc1O. The number of allylic oxidation sites excluding steroid dienone is 4. The number of phenolic OH excluding ortho intramolecular Hbond substituents is 2. The Labute approximate surface area is 332 Å². The van der Waals surface area contributed by atoms with E-state index in [1.165, 1.54) is 25.2 Å². The summed E-state index contributed by atoms with van der Waals surface area (Å²) < 4.78 is 13.4. The molecule has 3 aliphatic rings. The second-order valence-electron chi connectivity index (χ2n) is 15.6. The Balaban J connectivity index is 1.24. The van der Waals surface area contributed by atoms with Crippen molar-refractivity contribution in [2.75, 3.05) is 19.0 Å². The molecule has 4 bridgehead atoms. The maximum Gasteiger partial charge on any atom is 0.302 e. The van der Waals surface area contributed by atoms with E-state index in [0.717, 1.165) is 64.7 Å². The van der Waals surface area contributed by atoms with Gasteiger partial charge in [-0.1, -0.05) is 48.6 Å².